The number of methoxy groups -OCH3 is 1. The maximum absolute atomic E-state index is 13.8. The minimum atomic E-state index is -3.38. The van der Waals surface area contributed by atoms with Crippen LogP contribution in [0.5, 0.6) is 5.75 Å². The summed E-state index contributed by atoms with van der Waals surface area (Å²) < 4.78 is 49.1. The molecule has 1 amide bonds. The second-order valence-electron chi connectivity index (χ2n) is 10.3. The van der Waals surface area contributed by atoms with Crippen LogP contribution in [0.2, 0.25) is 0 Å². The number of rotatable bonds is 12. The summed E-state index contributed by atoms with van der Waals surface area (Å²) in [7, 11) is -1.79. The van der Waals surface area contributed by atoms with Gasteiger partial charge in [-0.1, -0.05) is 24.3 Å². The second kappa shape index (κ2) is 13.1. The SMILES string of the molecule is CCOC(=O)c1cn(Cc2ccc(OC)cc2)nc1NC(=O)C(OC1CCOCC1)c1ccc(S(=O)(=O)C2CC2)cc1. The molecule has 2 aromatic carbocycles. The highest BCUT2D eigenvalue weighted by Crippen LogP contribution is 2.34. The monoisotopic (exact) mass is 597 g/mol. The standard InChI is InChI=1S/C30H35N3O8S/c1-3-40-30(35)26-19-33(18-20-4-8-22(38-2)9-5-20)32-28(26)31-29(34)27(41-23-14-16-39-17-15-23)21-6-10-24(11-7-21)42(36,37)25-12-13-25/h4-11,19,23,25,27H,3,12-18H2,1-2H3,(H,31,32,34). The predicted octanol–water partition coefficient (Wildman–Crippen LogP) is 3.93. The molecule has 3 aromatic rings. The van der Waals surface area contributed by atoms with Crippen LogP contribution in [0.15, 0.2) is 59.6 Å². The van der Waals surface area contributed by atoms with Gasteiger partial charge in [-0.15, -0.1) is 0 Å². The van der Waals surface area contributed by atoms with Crippen molar-refractivity contribution < 1.29 is 37.0 Å². The number of sulfone groups is 1. The van der Waals surface area contributed by atoms with Crippen molar-refractivity contribution in [2.75, 3.05) is 32.2 Å². The highest BCUT2D eigenvalue weighted by molar-refractivity contribution is 7.92. The normalized spacial score (nSPS) is 16.5. The van der Waals surface area contributed by atoms with Gasteiger partial charge in [0.2, 0.25) is 0 Å². The molecule has 2 aliphatic rings. The Bertz CT molecular complexity index is 1490. The number of anilines is 1. The number of hydrogen-bond donors (Lipinski definition) is 1. The van der Waals surface area contributed by atoms with Crippen molar-refractivity contribution >= 4 is 27.5 Å². The van der Waals surface area contributed by atoms with Gasteiger partial charge in [-0.05, 0) is 68.0 Å². The van der Waals surface area contributed by atoms with E-state index in [9.17, 15) is 18.0 Å². The van der Waals surface area contributed by atoms with Gasteiger partial charge < -0.3 is 24.3 Å². The minimum Gasteiger partial charge on any atom is -0.497 e. The molecule has 42 heavy (non-hydrogen) atoms. The summed E-state index contributed by atoms with van der Waals surface area (Å²) in [6.07, 6.45) is 2.77. The first-order valence-corrected chi connectivity index (χ1v) is 15.6. The van der Waals surface area contributed by atoms with E-state index in [0.717, 1.165) is 5.56 Å². The highest BCUT2D eigenvalue weighted by atomic mass is 32.2. The van der Waals surface area contributed by atoms with Gasteiger partial charge in [0.15, 0.2) is 21.8 Å². The number of aromatic nitrogens is 2. The molecule has 1 aromatic heterocycles. The van der Waals surface area contributed by atoms with Crippen LogP contribution in [0.4, 0.5) is 5.82 Å². The molecule has 5 rings (SSSR count). The van der Waals surface area contributed by atoms with Crippen LogP contribution in [0.25, 0.3) is 0 Å². The van der Waals surface area contributed by atoms with E-state index in [4.69, 9.17) is 18.9 Å². The summed E-state index contributed by atoms with van der Waals surface area (Å²) in [5.41, 5.74) is 1.51. The average molecular weight is 598 g/mol. The van der Waals surface area contributed by atoms with Gasteiger partial charge in [0.05, 0.1) is 36.5 Å². The Labute approximate surface area is 245 Å². The molecule has 1 aliphatic carbocycles. The van der Waals surface area contributed by atoms with Gasteiger partial charge in [-0.2, -0.15) is 5.10 Å². The van der Waals surface area contributed by atoms with Crippen LogP contribution in [0, 0.1) is 0 Å². The van der Waals surface area contributed by atoms with Crippen molar-refractivity contribution in [1.29, 1.82) is 0 Å². The largest absolute Gasteiger partial charge is 0.497 e. The zero-order valence-electron chi connectivity index (χ0n) is 23.7. The lowest BCUT2D eigenvalue weighted by Gasteiger charge is -2.27. The molecule has 0 bridgehead atoms. The molecule has 2 fully saturated rings. The Morgan fingerprint density at radius 2 is 1.74 bits per heavy atom. The lowest BCUT2D eigenvalue weighted by molar-refractivity contribution is -0.136. The fourth-order valence-corrected chi connectivity index (χ4v) is 6.41. The highest BCUT2D eigenvalue weighted by Gasteiger charge is 2.37. The Morgan fingerprint density at radius 3 is 2.36 bits per heavy atom. The van der Waals surface area contributed by atoms with Crippen molar-refractivity contribution in [2.45, 2.75) is 61.5 Å². The lowest BCUT2D eigenvalue weighted by Crippen LogP contribution is -2.31. The molecular formula is C30H35N3O8S. The molecule has 0 spiro atoms. The number of carbonyl (C=O) groups excluding carboxylic acids is 2. The lowest BCUT2D eigenvalue weighted by atomic mass is 10.1. The van der Waals surface area contributed by atoms with Crippen molar-refractivity contribution in [3.05, 3.63) is 71.4 Å². The summed E-state index contributed by atoms with van der Waals surface area (Å²) in [5, 5.41) is 6.92. The molecule has 224 valence electrons. The number of esters is 1. The number of ether oxygens (including phenoxy) is 4. The van der Waals surface area contributed by atoms with Gasteiger partial charge in [0.1, 0.15) is 11.3 Å². The Balaban J connectivity index is 1.40. The van der Waals surface area contributed by atoms with Gasteiger partial charge in [0.25, 0.3) is 5.91 Å². The van der Waals surface area contributed by atoms with Gasteiger partial charge in [-0.25, -0.2) is 13.2 Å². The Hall–Kier alpha value is -3.74. The van der Waals surface area contributed by atoms with Crippen LogP contribution < -0.4 is 10.1 Å². The van der Waals surface area contributed by atoms with E-state index in [1.54, 1.807) is 30.8 Å². The van der Waals surface area contributed by atoms with Crippen molar-refractivity contribution in [3.63, 3.8) is 0 Å². The van der Waals surface area contributed by atoms with Crippen molar-refractivity contribution in [3.8, 4) is 5.75 Å². The van der Waals surface area contributed by atoms with Crippen LogP contribution in [-0.4, -0.2) is 68.4 Å². The van der Waals surface area contributed by atoms with Crippen molar-refractivity contribution in [1.82, 2.24) is 9.78 Å². The van der Waals surface area contributed by atoms with E-state index in [-0.39, 0.29) is 34.2 Å². The zero-order valence-corrected chi connectivity index (χ0v) is 24.5. The number of amides is 1. The van der Waals surface area contributed by atoms with Crippen LogP contribution in [0.1, 0.15) is 60.2 Å². The number of carbonyl (C=O) groups is 2. The number of benzene rings is 2. The molecule has 1 saturated heterocycles. The molecule has 1 atom stereocenters. The summed E-state index contributed by atoms with van der Waals surface area (Å²) in [6, 6.07) is 13.7. The van der Waals surface area contributed by atoms with E-state index in [1.165, 1.54) is 18.3 Å². The first-order chi connectivity index (χ1) is 20.3. The number of nitrogens with one attached hydrogen (secondary N) is 1. The van der Waals surface area contributed by atoms with E-state index in [1.807, 2.05) is 24.3 Å². The molecule has 12 heteroatoms. The topological polar surface area (TPSA) is 135 Å². The summed E-state index contributed by atoms with van der Waals surface area (Å²) >= 11 is 0. The molecule has 2 heterocycles. The maximum Gasteiger partial charge on any atom is 0.343 e. The van der Waals surface area contributed by atoms with Crippen molar-refractivity contribution in [2.24, 2.45) is 0 Å². The van der Waals surface area contributed by atoms with Crippen LogP contribution in [0.3, 0.4) is 0 Å². The van der Waals surface area contributed by atoms with Crippen LogP contribution >= 0.6 is 0 Å². The first-order valence-electron chi connectivity index (χ1n) is 14.0. The number of nitrogens with zero attached hydrogens (tertiary/aromatic N) is 2. The molecular weight excluding hydrogens is 562 g/mol. The Morgan fingerprint density at radius 1 is 1.05 bits per heavy atom. The molecule has 1 aliphatic heterocycles. The minimum absolute atomic E-state index is 0.0421. The second-order valence-corrected chi connectivity index (χ2v) is 12.5. The van der Waals surface area contributed by atoms with Gasteiger partial charge >= 0.3 is 5.97 Å². The smallest absolute Gasteiger partial charge is 0.343 e. The molecule has 0 radical (unpaired) electrons. The molecule has 11 nitrogen and oxygen atoms in total. The molecule has 1 unspecified atom stereocenters. The van der Waals surface area contributed by atoms with E-state index >= 15 is 0 Å². The molecule has 1 saturated carbocycles. The zero-order chi connectivity index (χ0) is 29.7. The summed E-state index contributed by atoms with van der Waals surface area (Å²) in [5.74, 6) is -0.404. The van der Waals surface area contributed by atoms with E-state index in [2.05, 4.69) is 10.4 Å². The fraction of sp³-hybridized carbons (Fsp3) is 0.433. The maximum atomic E-state index is 13.8. The number of hydrogen-bond acceptors (Lipinski definition) is 9. The average Bonchev–Trinajstić information content (AvgIpc) is 3.80. The molecule has 1 N–H and O–H groups in total. The predicted molar refractivity (Wildman–Crippen MR) is 153 cm³/mol. The van der Waals surface area contributed by atoms with E-state index in [0.29, 0.717) is 56.8 Å². The first kappa shape index (κ1) is 29.7. The fourth-order valence-electron chi connectivity index (χ4n) is 4.75. The van der Waals surface area contributed by atoms with Gasteiger partial charge in [0, 0.05) is 19.4 Å². The quantitative estimate of drug-likeness (QED) is 0.308. The summed E-state index contributed by atoms with van der Waals surface area (Å²) in [6.45, 7) is 3.22. The Kier molecular flexibility index (Phi) is 9.24. The third-order valence-electron chi connectivity index (χ3n) is 7.21. The van der Waals surface area contributed by atoms with E-state index < -0.39 is 27.8 Å². The third-order valence-corrected chi connectivity index (χ3v) is 9.49. The van der Waals surface area contributed by atoms with Crippen LogP contribution in [-0.2, 0) is 35.4 Å². The third kappa shape index (κ3) is 7.00. The van der Waals surface area contributed by atoms with Gasteiger partial charge in [-0.3, -0.25) is 9.48 Å². The summed E-state index contributed by atoms with van der Waals surface area (Å²) in [4.78, 5) is 26.8.